The molecule has 108 valence electrons. The zero-order valence-corrected chi connectivity index (χ0v) is 12.3. The third-order valence-electron chi connectivity index (χ3n) is 2.94. The van der Waals surface area contributed by atoms with Gasteiger partial charge in [0.1, 0.15) is 5.54 Å². The Balaban J connectivity index is 3.81. The minimum atomic E-state index is -0.822. The number of hydrogen-bond acceptors (Lipinski definition) is 3. The number of carboxylic acid groups (broad SMARTS) is 1. The Morgan fingerprint density at radius 2 is 1.89 bits per heavy atom. The average Bonchev–Trinajstić information content (AvgIpc) is 2.26. The Kier molecular flexibility index (Phi) is 9.02. The Bertz CT molecular complexity index is 231. The molecule has 0 aromatic rings. The second-order valence-electron chi connectivity index (χ2n) is 5.36. The Hall–Kier alpha value is -0.610. The minimum absolute atomic E-state index is 0.173. The van der Waals surface area contributed by atoms with Gasteiger partial charge < -0.3 is 9.84 Å². The molecule has 0 saturated carbocycles. The van der Waals surface area contributed by atoms with Gasteiger partial charge in [0.15, 0.2) is 0 Å². The van der Waals surface area contributed by atoms with Crippen LogP contribution in [0.15, 0.2) is 0 Å². The van der Waals surface area contributed by atoms with E-state index in [1.165, 1.54) is 0 Å². The molecule has 0 bridgehead atoms. The summed E-state index contributed by atoms with van der Waals surface area (Å²) < 4.78 is 5.46. The lowest BCUT2D eigenvalue weighted by atomic mass is 9.94. The second-order valence-corrected chi connectivity index (χ2v) is 5.36. The second kappa shape index (κ2) is 9.34. The first-order valence-electron chi connectivity index (χ1n) is 7.01. The van der Waals surface area contributed by atoms with Crippen molar-refractivity contribution in [2.75, 3.05) is 13.2 Å². The molecular formula is C14H29NO3. The van der Waals surface area contributed by atoms with E-state index in [2.05, 4.69) is 12.2 Å². The summed E-state index contributed by atoms with van der Waals surface area (Å²) in [7, 11) is 0. The van der Waals surface area contributed by atoms with Crippen molar-refractivity contribution in [2.45, 2.75) is 71.4 Å². The largest absolute Gasteiger partial charge is 0.480 e. The van der Waals surface area contributed by atoms with Crippen LogP contribution in [0.25, 0.3) is 0 Å². The monoisotopic (exact) mass is 259 g/mol. The molecular weight excluding hydrogens is 230 g/mol. The van der Waals surface area contributed by atoms with E-state index < -0.39 is 11.5 Å². The van der Waals surface area contributed by atoms with Crippen molar-refractivity contribution in [1.82, 2.24) is 5.32 Å². The van der Waals surface area contributed by atoms with Crippen LogP contribution < -0.4 is 5.32 Å². The van der Waals surface area contributed by atoms with Gasteiger partial charge in [0.25, 0.3) is 0 Å². The number of carboxylic acids is 1. The number of ether oxygens (including phenoxy) is 1. The van der Waals surface area contributed by atoms with Gasteiger partial charge in [-0.3, -0.25) is 10.1 Å². The third kappa shape index (κ3) is 7.67. The third-order valence-corrected chi connectivity index (χ3v) is 2.94. The molecule has 0 radical (unpaired) electrons. The quantitative estimate of drug-likeness (QED) is 0.560. The molecule has 1 atom stereocenters. The normalized spacial score (nSPS) is 14.7. The summed E-state index contributed by atoms with van der Waals surface area (Å²) in [5, 5.41) is 12.4. The van der Waals surface area contributed by atoms with E-state index >= 15 is 0 Å². The summed E-state index contributed by atoms with van der Waals surface area (Å²) >= 11 is 0. The summed E-state index contributed by atoms with van der Waals surface area (Å²) in [5.74, 6) is -0.775. The van der Waals surface area contributed by atoms with Gasteiger partial charge in [0.2, 0.25) is 0 Å². The first kappa shape index (κ1) is 17.4. The first-order valence-corrected chi connectivity index (χ1v) is 7.01. The number of aliphatic carboxylic acids is 1. The van der Waals surface area contributed by atoms with Crippen molar-refractivity contribution in [3.05, 3.63) is 0 Å². The smallest absolute Gasteiger partial charge is 0.323 e. The van der Waals surface area contributed by atoms with E-state index in [-0.39, 0.29) is 6.04 Å². The van der Waals surface area contributed by atoms with Crippen molar-refractivity contribution in [3.8, 4) is 0 Å². The van der Waals surface area contributed by atoms with Gasteiger partial charge >= 0.3 is 5.97 Å². The van der Waals surface area contributed by atoms with Gasteiger partial charge in [0.05, 0.1) is 0 Å². The van der Waals surface area contributed by atoms with Crippen LogP contribution in [0.2, 0.25) is 0 Å². The molecule has 0 saturated heterocycles. The molecule has 18 heavy (non-hydrogen) atoms. The van der Waals surface area contributed by atoms with E-state index in [1.807, 2.05) is 13.8 Å². The van der Waals surface area contributed by atoms with Gasteiger partial charge in [-0.2, -0.15) is 0 Å². The van der Waals surface area contributed by atoms with Crippen LogP contribution in [0.1, 0.15) is 59.8 Å². The van der Waals surface area contributed by atoms with E-state index in [1.54, 1.807) is 6.92 Å². The molecule has 4 heteroatoms. The molecule has 1 unspecified atom stereocenters. The molecule has 4 nitrogen and oxygen atoms in total. The van der Waals surface area contributed by atoms with E-state index in [0.717, 1.165) is 38.9 Å². The number of nitrogens with one attached hydrogen (secondary N) is 1. The fourth-order valence-corrected chi connectivity index (χ4v) is 1.91. The molecule has 0 rings (SSSR count). The maximum absolute atomic E-state index is 11.3. The van der Waals surface area contributed by atoms with E-state index in [9.17, 15) is 9.90 Å². The number of carbonyl (C=O) groups is 1. The van der Waals surface area contributed by atoms with Crippen molar-refractivity contribution < 1.29 is 14.6 Å². The van der Waals surface area contributed by atoms with Gasteiger partial charge in [-0.05, 0) is 46.5 Å². The van der Waals surface area contributed by atoms with Crippen LogP contribution in [0.4, 0.5) is 0 Å². The standard InChI is InChI=1S/C14H29NO3/c1-5-6-10-18-11-8-7-9-14(4,13(16)17)15-12(2)3/h12,15H,5-11H2,1-4H3,(H,16,17). The van der Waals surface area contributed by atoms with E-state index in [0.29, 0.717) is 6.42 Å². The first-order chi connectivity index (χ1) is 8.42. The maximum atomic E-state index is 11.3. The van der Waals surface area contributed by atoms with Gasteiger partial charge in [-0.25, -0.2) is 0 Å². The summed E-state index contributed by atoms with van der Waals surface area (Å²) in [5.41, 5.74) is -0.822. The zero-order valence-electron chi connectivity index (χ0n) is 12.3. The van der Waals surface area contributed by atoms with Crippen molar-refractivity contribution >= 4 is 5.97 Å². The molecule has 0 aliphatic carbocycles. The zero-order chi connectivity index (χ0) is 14.0. The SMILES string of the molecule is CCCCOCCCCC(C)(NC(C)C)C(=O)O. The molecule has 0 aromatic heterocycles. The van der Waals surface area contributed by atoms with Gasteiger partial charge in [0, 0.05) is 19.3 Å². The van der Waals surface area contributed by atoms with Crippen LogP contribution in [0, 0.1) is 0 Å². The Morgan fingerprint density at radius 1 is 1.28 bits per heavy atom. The summed E-state index contributed by atoms with van der Waals surface area (Å²) in [6.07, 6.45) is 4.68. The van der Waals surface area contributed by atoms with Gasteiger partial charge in [-0.15, -0.1) is 0 Å². The van der Waals surface area contributed by atoms with Crippen LogP contribution in [0.3, 0.4) is 0 Å². The van der Waals surface area contributed by atoms with Crippen LogP contribution >= 0.6 is 0 Å². The molecule has 0 amide bonds. The topological polar surface area (TPSA) is 58.6 Å². The summed E-state index contributed by atoms with van der Waals surface area (Å²) in [6.45, 7) is 9.38. The number of hydrogen-bond donors (Lipinski definition) is 2. The average molecular weight is 259 g/mol. The molecule has 0 aromatic carbocycles. The highest BCUT2D eigenvalue weighted by molar-refractivity contribution is 5.78. The molecule has 0 aliphatic rings. The Labute approximate surface area is 111 Å². The maximum Gasteiger partial charge on any atom is 0.323 e. The molecule has 0 fully saturated rings. The van der Waals surface area contributed by atoms with Crippen molar-refractivity contribution in [3.63, 3.8) is 0 Å². The molecule has 2 N–H and O–H groups in total. The predicted molar refractivity (Wildman–Crippen MR) is 73.9 cm³/mol. The lowest BCUT2D eigenvalue weighted by Gasteiger charge is -2.28. The molecule has 0 spiro atoms. The van der Waals surface area contributed by atoms with E-state index in [4.69, 9.17) is 4.74 Å². The lowest BCUT2D eigenvalue weighted by Crippen LogP contribution is -2.52. The van der Waals surface area contributed by atoms with Crippen molar-refractivity contribution in [2.24, 2.45) is 0 Å². The highest BCUT2D eigenvalue weighted by atomic mass is 16.5. The molecule has 0 heterocycles. The number of rotatable bonds is 11. The predicted octanol–water partition coefficient (Wildman–Crippen LogP) is 2.81. The fraction of sp³-hybridized carbons (Fsp3) is 0.929. The lowest BCUT2D eigenvalue weighted by molar-refractivity contribution is -0.144. The Morgan fingerprint density at radius 3 is 2.39 bits per heavy atom. The van der Waals surface area contributed by atoms with Crippen LogP contribution in [0.5, 0.6) is 0 Å². The summed E-state index contributed by atoms with van der Waals surface area (Å²) in [6, 6.07) is 0.173. The fourth-order valence-electron chi connectivity index (χ4n) is 1.91. The minimum Gasteiger partial charge on any atom is -0.480 e. The van der Waals surface area contributed by atoms with Crippen LogP contribution in [-0.4, -0.2) is 35.9 Å². The van der Waals surface area contributed by atoms with Crippen molar-refractivity contribution in [1.29, 1.82) is 0 Å². The van der Waals surface area contributed by atoms with Gasteiger partial charge in [-0.1, -0.05) is 13.3 Å². The highest BCUT2D eigenvalue weighted by Crippen LogP contribution is 2.15. The summed E-state index contributed by atoms with van der Waals surface area (Å²) in [4.78, 5) is 11.3. The number of unbranched alkanes of at least 4 members (excludes halogenated alkanes) is 2. The molecule has 0 aliphatic heterocycles. The highest BCUT2D eigenvalue weighted by Gasteiger charge is 2.32. The van der Waals surface area contributed by atoms with Crippen LogP contribution in [-0.2, 0) is 9.53 Å².